The van der Waals surface area contributed by atoms with Crippen molar-refractivity contribution in [1.82, 2.24) is 0 Å². The van der Waals surface area contributed by atoms with Crippen LogP contribution in [0.15, 0.2) is 12.2 Å². The number of fused-ring (bicyclic) bond motifs is 7. The van der Waals surface area contributed by atoms with E-state index in [0.717, 1.165) is 12.8 Å². The molecule has 0 unspecified atom stereocenters. The van der Waals surface area contributed by atoms with Crippen molar-refractivity contribution in [3.05, 3.63) is 12.2 Å². The predicted octanol–water partition coefficient (Wildman–Crippen LogP) is 8.90. The van der Waals surface area contributed by atoms with Gasteiger partial charge in [0.2, 0.25) is 0 Å². The summed E-state index contributed by atoms with van der Waals surface area (Å²) in [5, 5.41) is 0.339. The molecule has 7 heteroatoms. The van der Waals surface area contributed by atoms with Gasteiger partial charge in [0.25, 0.3) is 0 Å². The average molecular weight is 619 g/mol. The highest BCUT2D eigenvalue weighted by Crippen LogP contribution is 2.76. The Labute approximate surface area is 259 Å². The minimum atomic E-state index is -2.11. The van der Waals surface area contributed by atoms with E-state index in [9.17, 15) is 4.79 Å². The maximum absolute atomic E-state index is 13.0. The molecule has 4 aliphatic carbocycles. The third-order valence-electron chi connectivity index (χ3n) is 14.5. The van der Waals surface area contributed by atoms with Gasteiger partial charge in [-0.1, -0.05) is 62.0 Å². The smallest absolute Gasteiger partial charge is 0.336 e. The van der Waals surface area contributed by atoms with Gasteiger partial charge in [0, 0.05) is 11.5 Å². The summed E-state index contributed by atoms with van der Waals surface area (Å²) < 4.78 is 26.3. The SMILES string of the molecule is C=C(C(=O)OC)[C@@]12O[C@@H]1C[C@H]1[C@@H]3CC[C@H]4C[C@@H](O[Si](C)(C)C(C)(C)C)CC[C@]4(C)[C@H]3C[C@@H](O[Si](C)(C)C(C)(C)C)[C@@]12C. The Morgan fingerprint density at radius 2 is 1.45 bits per heavy atom. The van der Waals surface area contributed by atoms with E-state index in [1.165, 1.54) is 39.2 Å². The Bertz CT molecular complexity index is 1100. The first-order valence-corrected chi connectivity index (χ1v) is 22.7. The number of rotatable bonds is 6. The van der Waals surface area contributed by atoms with E-state index in [-0.39, 0.29) is 33.7 Å². The minimum Gasteiger partial charge on any atom is -0.466 e. The fraction of sp³-hybridized carbons (Fsp3) is 0.914. The molecule has 5 nitrogen and oxygen atoms in total. The van der Waals surface area contributed by atoms with Gasteiger partial charge in [-0.05, 0) is 110 Å². The van der Waals surface area contributed by atoms with Gasteiger partial charge in [0.1, 0.15) is 5.60 Å². The molecule has 0 aromatic heterocycles. The molecule has 5 fully saturated rings. The molecule has 4 saturated carbocycles. The first kappa shape index (κ1) is 32.9. The van der Waals surface area contributed by atoms with Crippen LogP contribution in [0.3, 0.4) is 0 Å². The number of hydrogen-bond donors (Lipinski definition) is 0. The molecular weight excluding hydrogens is 557 g/mol. The van der Waals surface area contributed by atoms with E-state index >= 15 is 0 Å². The summed E-state index contributed by atoms with van der Waals surface area (Å²) in [6.07, 6.45) is 8.70. The van der Waals surface area contributed by atoms with Crippen molar-refractivity contribution in [2.45, 2.75) is 161 Å². The second-order valence-corrected chi connectivity index (χ2v) is 27.9. The molecule has 1 saturated heterocycles. The quantitative estimate of drug-likeness (QED) is 0.129. The van der Waals surface area contributed by atoms with E-state index in [0.29, 0.717) is 40.8 Å². The maximum Gasteiger partial charge on any atom is 0.336 e. The summed E-state index contributed by atoms with van der Waals surface area (Å²) in [4.78, 5) is 13.0. The summed E-state index contributed by atoms with van der Waals surface area (Å²) in [6, 6.07) is 0. The van der Waals surface area contributed by atoms with Crippen LogP contribution in [-0.2, 0) is 23.1 Å². The molecule has 0 spiro atoms. The molecule has 0 aromatic carbocycles. The first-order chi connectivity index (χ1) is 19.1. The number of carbonyl (C=O) groups is 1. The number of hydrogen-bond acceptors (Lipinski definition) is 5. The van der Waals surface area contributed by atoms with Gasteiger partial charge in [-0.25, -0.2) is 4.79 Å². The van der Waals surface area contributed by atoms with Crippen molar-refractivity contribution in [3.63, 3.8) is 0 Å². The summed E-state index contributed by atoms with van der Waals surface area (Å²) >= 11 is 0. The van der Waals surface area contributed by atoms with Gasteiger partial charge in [-0.3, -0.25) is 0 Å². The van der Waals surface area contributed by atoms with E-state index in [1.54, 1.807) is 0 Å². The lowest BCUT2D eigenvalue weighted by Crippen LogP contribution is -2.64. The predicted molar refractivity (Wildman–Crippen MR) is 175 cm³/mol. The zero-order valence-electron chi connectivity index (χ0n) is 29.2. The van der Waals surface area contributed by atoms with Gasteiger partial charge in [0.05, 0.1) is 24.9 Å². The standard InChI is InChI=1S/C35H62O5Si2/c1-22(30(36)37-10)35-29(38-35)21-27-25-16-15-23-19-24(39-41(11,12)31(2,3)4)17-18-33(23,8)26(25)20-28(34(27,35)9)40-42(13,14)32(5,6)7/h23-29H,1,15-21H2,2-14H3/t23-,24-,25+,26-,27-,28+,29+,33-,34+,35+/m0/s1. The minimum absolute atomic E-state index is 0.0373. The van der Waals surface area contributed by atoms with Crippen LogP contribution in [-0.4, -0.2) is 53.6 Å². The van der Waals surface area contributed by atoms with Crippen molar-refractivity contribution in [3.8, 4) is 0 Å². The number of epoxide rings is 1. The molecule has 0 aromatic rings. The van der Waals surface area contributed by atoms with Crippen LogP contribution in [0.1, 0.15) is 100 Å². The second-order valence-electron chi connectivity index (χ2n) is 18.4. The second kappa shape index (κ2) is 10.0. The molecule has 0 bridgehead atoms. The Balaban J connectivity index is 1.48. The molecule has 42 heavy (non-hydrogen) atoms. The molecule has 0 N–H and O–H groups in total. The molecular formula is C35H62O5Si2. The summed E-state index contributed by atoms with van der Waals surface area (Å²) in [5.41, 5.74) is -0.140. The van der Waals surface area contributed by atoms with Crippen molar-refractivity contribution >= 4 is 22.6 Å². The molecule has 1 aliphatic heterocycles. The molecule has 5 aliphatic rings. The topological polar surface area (TPSA) is 57.3 Å². The van der Waals surface area contributed by atoms with Gasteiger partial charge in [0.15, 0.2) is 16.6 Å². The summed E-state index contributed by atoms with van der Waals surface area (Å²) in [7, 11) is -2.45. The third kappa shape index (κ3) is 4.63. The van der Waals surface area contributed by atoms with E-state index in [4.69, 9.17) is 18.3 Å². The summed E-state index contributed by atoms with van der Waals surface area (Å²) in [5.74, 6) is 2.09. The van der Waals surface area contributed by atoms with Crippen LogP contribution in [0.25, 0.3) is 0 Å². The Morgan fingerprint density at radius 1 is 0.857 bits per heavy atom. The summed E-state index contributed by atoms with van der Waals surface area (Å²) in [6.45, 7) is 33.0. The van der Waals surface area contributed by atoms with Gasteiger partial charge < -0.3 is 18.3 Å². The lowest BCUT2D eigenvalue weighted by molar-refractivity contribution is -0.180. The van der Waals surface area contributed by atoms with Crippen molar-refractivity contribution in [2.24, 2.45) is 34.5 Å². The normalized spacial score (nSPS) is 43.5. The van der Waals surface area contributed by atoms with Crippen molar-refractivity contribution < 1.29 is 23.1 Å². The van der Waals surface area contributed by atoms with Crippen LogP contribution in [0.5, 0.6) is 0 Å². The molecule has 240 valence electrons. The average Bonchev–Trinajstić information content (AvgIpc) is 3.53. The monoisotopic (exact) mass is 618 g/mol. The van der Waals surface area contributed by atoms with Crippen molar-refractivity contribution in [2.75, 3.05) is 7.11 Å². The maximum atomic E-state index is 13.0. The van der Waals surface area contributed by atoms with Gasteiger partial charge in [-0.15, -0.1) is 0 Å². The molecule has 0 amide bonds. The highest BCUT2D eigenvalue weighted by atomic mass is 28.4. The zero-order valence-corrected chi connectivity index (χ0v) is 31.2. The number of methoxy groups -OCH3 is 1. The zero-order chi connectivity index (χ0) is 31.5. The highest BCUT2D eigenvalue weighted by molar-refractivity contribution is 6.74. The van der Waals surface area contributed by atoms with E-state index in [2.05, 4.69) is 88.2 Å². The van der Waals surface area contributed by atoms with Crippen molar-refractivity contribution in [1.29, 1.82) is 0 Å². The van der Waals surface area contributed by atoms with Crippen LogP contribution < -0.4 is 0 Å². The largest absolute Gasteiger partial charge is 0.466 e. The highest BCUT2D eigenvalue weighted by Gasteiger charge is 2.82. The lowest BCUT2D eigenvalue weighted by Gasteiger charge is -2.64. The van der Waals surface area contributed by atoms with Crippen LogP contribution >= 0.6 is 0 Å². The lowest BCUT2D eigenvalue weighted by atomic mass is 9.43. The fourth-order valence-corrected chi connectivity index (χ4v) is 12.6. The number of ether oxygens (including phenoxy) is 2. The Kier molecular flexibility index (Phi) is 7.84. The van der Waals surface area contributed by atoms with Gasteiger partial charge in [-0.2, -0.15) is 0 Å². The number of esters is 1. The molecule has 0 radical (unpaired) electrons. The van der Waals surface area contributed by atoms with Crippen LogP contribution in [0.4, 0.5) is 0 Å². The first-order valence-electron chi connectivity index (χ1n) is 16.9. The van der Waals surface area contributed by atoms with E-state index in [1.807, 2.05) is 0 Å². The van der Waals surface area contributed by atoms with Crippen LogP contribution in [0, 0.1) is 34.5 Å². The van der Waals surface area contributed by atoms with E-state index < -0.39 is 22.2 Å². The van der Waals surface area contributed by atoms with Crippen LogP contribution in [0.2, 0.25) is 36.3 Å². The fourth-order valence-electron chi connectivity index (χ4n) is 9.80. The Hall–Kier alpha value is -0.476. The van der Waals surface area contributed by atoms with Gasteiger partial charge >= 0.3 is 5.97 Å². The molecule has 5 rings (SSSR count). The molecule has 10 atom stereocenters. The molecule has 1 heterocycles. The third-order valence-corrected chi connectivity index (χ3v) is 23.5. The Morgan fingerprint density at radius 3 is 2.02 bits per heavy atom. The number of carbonyl (C=O) groups excluding carboxylic acids is 1.